The lowest BCUT2D eigenvalue weighted by atomic mass is 9.93. The number of amides is 2. The first-order valence-electron chi connectivity index (χ1n) is 9.09. The van der Waals surface area contributed by atoms with Gasteiger partial charge in [0.05, 0.1) is 6.54 Å². The summed E-state index contributed by atoms with van der Waals surface area (Å²) in [6.07, 6.45) is 0. The van der Waals surface area contributed by atoms with Crippen molar-refractivity contribution in [2.45, 2.75) is 47.6 Å². The quantitative estimate of drug-likeness (QED) is 0.910. The van der Waals surface area contributed by atoms with Crippen LogP contribution in [0.3, 0.4) is 0 Å². The van der Waals surface area contributed by atoms with Gasteiger partial charge in [0.15, 0.2) is 0 Å². The van der Waals surface area contributed by atoms with Gasteiger partial charge in [-0.15, -0.1) is 0 Å². The van der Waals surface area contributed by atoms with E-state index in [9.17, 15) is 9.59 Å². The molecule has 1 aromatic rings. The maximum Gasteiger partial charge on any atom is 0.254 e. The van der Waals surface area contributed by atoms with Gasteiger partial charge in [0.25, 0.3) is 5.91 Å². The largest absolute Gasteiger partial charge is 0.353 e. The van der Waals surface area contributed by atoms with Gasteiger partial charge in [0.1, 0.15) is 0 Å². The van der Waals surface area contributed by atoms with E-state index in [2.05, 4.69) is 30.1 Å². The Morgan fingerprint density at radius 2 is 1.52 bits per heavy atom. The molecule has 2 rings (SSSR count). The van der Waals surface area contributed by atoms with E-state index in [1.807, 2.05) is 32.6 Å². The maximum atomic E-state index is 13.0. The zero-order valence-electron chi connectivity index (χ0n) is 16.4. The Morgan fingerprint density at radius 1 is 1.00 bits per heavy atom. The monoisotopic (exact) mass is 345 g/mol. The molecule has 1 heterocycles. The minimum atomic E-state index is 0.0516. The molecule has 0 unspecified atom stereocenters. The van der Waals surface area contributed by atoms with Crippen LogP contribution in [-0.2, 0) is 4.79 Å². The third-order valence-electron chi connectivity index (χ3n) is 5.06. The summed E-state index contributed by atoms with van der Waals surface area (Å²) in [4.78, 5) is 29.0. The van der Waals surface area contributed by atoms with E-state index in [-0.39, 0.29) is 17.9 Å². The molecule has 0 spiro atoms. The van der Waals surface area contributed by atoms with Gasteiger partial charge in [-0.3, -0.25) is 14.5 Å². The third-order valence-corrected chi connectivity index (χ3v) is 5.06. The average Bonchev–Trinajstić information content (AvgIpc) is 2.53. The Hall–Kier alpha value is -1.88. The molecule has 0 aliphatic carbocycles. The number of hydrogen-bond acceptors (Lipinski definition) is 3. The van der Waals surface area contributed by atoms with Crippen LogP contribution in [-0.4, -0.2) is 60.4 Å². The van der Waals surface area contributed by atoms with Crippen molar-refractivity contribution in [3.8, 4) is 0 Å². The summed E-state index contributed by atoms with van der Waals surface area (Å²) in [5.74, 6) is 0.170. The zero-order valence-corrected chi connectivity index (χ0v) is 16.4. The first-order valence-corrected chi connectivity index (χ1v) is 9.09. The summed E-state index contributed by atoms with van der Waals surface area (Å²) in [5.41, 5.74) is 5.33. The van der Waals surface area contributed by atoms with Crippen LogP contribution in [0, 0.1) is 27.7 Å². The smallest absolute Gasteiger partial charge is 0.254 e. The Morgan fingerprint density at radius 3 is 2.00 bits per heavy atom. The molecule has 1 aromatic carbocycles. The molecule has 1 fully saturated rings. The van der Waals surface area contributed by atoms with Crippen molar-refractivity contribution in [1.82, 2.24) is 15.1 Å². The van der Waals surface area contributed by atoms with Gasteiger partial charge in [-0.25, -0.2) is 0 Å². The van der Waals surface area contributed by atoms with Crippen LogP contribution in [0.1, 0.15) is 46.5 Å². The predicted octanol–water partition coefficient (Wildman–Crippen LogP) is 2.20. The molecule has 0 aromatic heterocycles. The molecule has 5 heteroatoms. The lowest BCUT2D eigenvalue weighted by Gasteiger charge is -2.35. The van der Waals surface area contributed by atoms with Gasteiger partial charge >= 0.3 is 0 Å². The van der Waals surface area contributed by atoms with Crippen molar-refractivity contribution < 1.29 is 9.59 Å². The molecule has 0 saturated carbocycles. The molecule has 138 valence electrons. The van der Waals surface area contributed by atoms with Crippen LogP contribution in [0.4, 0.5) is 0 Å². The number of nitrogens with one attached hydrogen (secondary N) is 1. The van der Waals surface area contributed by atoms with E-state index >= 15 is 0 Å². The molecule has 25 heavy (non-hydrogen) atoms. The van der Waals surface area contributed by atoms with Gasteiger partial charge in [-0.05, 0) is 63.8 Å². The van der Waals surface area contributed by atoms with E-state index in [1.165, 1.54) is 0 Å². The van der Waals surface area contributed by atoms with Crippen LogP contribution in [0.2, 0.25) is 0 Å². The number of hydrogen-bond donors (Lipinski definition) is 1. The van der Waals surface area contributed by atoms with Crippen LogP contribution in [0.15, 0.2) is 6.07 Å². The van der Waals surface area contributed by atoms with E-state index in [4.69, 9.17) is 0 Å². The number of piperazine rings is 1. The highest BCUT2D eigenvalue weighted by Gasteiger charge is 2.26. The predicted molar refractivity (Wildman–Crippen MR) is 101 cm³/mol. The molecular formula is C20H31N3O2. The average molecular weight is 345 g/mol. The second-order valence-electron chi connectivity index (χ2n) is 7.43. The van der Waals surface area contributed by atoms with Crippen LogP contribution >= 0.6 is 0 Å². The van der Waals surface area contributed by atoms with Crippen LogP contribution in [0.25, 0.3) is 0 Å². The minimum Gasteiger partial charge on any atom is -0.353 e. The number of aryl methyl sites for hydroxylation is 2. The fourth-order valence-electron chi connectivity index (χ4n) is 3.38. The van der Waals surface area contributed by atoms with Crippen molar-refractivity contribution in [2.24, 2.45) is 0 Å². The van der Waals surface area contributed by atoms with Crippen LogP contribution in [0.5, 0.6) is 0 Å². The number of benzene rings is 1. The van der Waals surface area contributed by atoms with Crippen LogP contribution < -0.4 is 5.32 Å². The fraction of sp³-hybridized carbons (Fsp3) is 0.600. The Bertz CT molecular complexity index is 633. The summed E-state index contributed by atoms with van der Waals surface area (Å²) in [6, 6.07) is 2.30. The first-order chi connectivity index (χ1) is 11.7. The van der Waals surface area contributed by atoms with Crippen molar-refractivity contribution in [1.29, 1.82) is 0 Å². The van der Waals surface area contributed by atoms with E-state index in [0.29, 0.717) is 19.6 Å². The second-order valence-corrected chi connectivity index (χ2v) is 7.43. The third kappa shape index (κ3) is 4.60. The number of rotatable bonds is 4. The summed E-state index contributed by atoms with van der Waals surface area (Å²) < 4.78 is 0. The number of carbonyl (C=O) groups is 2. The van der Waals surface area contributed by atoms with E-state index in [0.717, 1.165) is 40.9 Å². The number of carbonyl (C=O) groups excluding carboxylic acids is 2. The molecule has 0 bridgehead atoms. The van der Waals surface area contributed by atoms with Crippen molar-refractivity contribution in [3.05, 3.63) is 33.9 Å². The van der Waals surface area contributed by atoms with Crippen molar-refractivity contribution >= 4 is 11.8 Å². The molecule has 1 saturated heterocycles. The second kappa shape index (κ2) is 8.00. The minimum absolute atomic E-state index is 0.0516. The van der Waals surface area contributed by atoms with Crippen molar-refractivity contribution in [3.63, 3.8) is 0 Å². The summed E-state index contributed by atoms with van der Waals surface area (Å²) >= 11 is 0. The Labute approximate surface area is 151 Å². The SMILES string of the molecule is Cc1cc(C)c(C)c(C(=O)N2CCN(CC(=O)NC(C)C)CC2)c1C. The molecular weight excluding hydrogens is 314 g/mol. The zero-order chi connectivity index (χ0) is 18.7. The maximum absolute atomic E-state index is 13.0. The molecule has 5 nitrogen and oxygen atoms in total. The molecule has 1 aliphatic heterocycles. The number of nitrogens with zero attached hydrogens (tertiary/aromatic N) is 2. The van der Waals surface area contributed by atoms with Gasteiger partial charge in [-0.2, -0.15) is 0 Å². The van der Waals surface area contributed by atoms with E-state index in [1.54, 1.807) is 0 Å². The van der Waals surface area contributed by atoms with Gasteiger partial charge in [0.2, 0.25) is 5.91 Å². The highest BCUT2D eigenvalue weighted by Crippen LogP contribution is 2.23. The molecule has 0 atom stereocenters. The summed E-state index contributed by atoms with van der Waals surface area (Å²) in [7, 11) is 0. The van der Waals surface area contributed by atoms with Gasteiger partial charge in [0, 0.05) is 37.8 Å². The Kier molecular flexibility index (Phi) is 6.22. The molecule has 1 N–H and O–H groups in total. The lowest BCUT2D eigenvalue weighted by Crippen LogP contribution is -2.51. The Balaban J connectivity index is 2.02. The summed E-state index contributed by atoms with van der Waals surface area (Å²) in [6.45, 7) is 15.3. The topological polar surface area (TPSA) is 52.7 Å². The standard InChI is InChI=1S/C20H31N3O2/c1-13(2)21-18(24)12-22-7-9-23(10-8-22)20(25)19-16(5)14(3)11-15(4)17(19)6/h11,13H,7-10,12H2,1-6H3,(H,21,24). The first kappa shape index (κ1) is 19.4. The molecule has 2 amide bonds. The highest BCUT2D eigenvalue weighted by atomic mass is 16.2. The van der Waals surface area contributed by atoms with E-state index < -0.39 is 0 Å². The van der Waals surface area contributed by atoms with Crippen molar-refractivity contribution in [2.75, 3.05) is 32.7 Å². The van der Waals surface area contributed by atoms with Gasteiger partial charge < -0.3 is 10.2 Å². The lowest BCUT2D eigenvalue weighted by molar-refractivity contribution is -0.123. The summed E-state index contributed by atoms with van der Waals surface area (Å²) in [5, 5.41) is 2.92. The fourth-order valence-corrected chi connectivity index (χ4v) is 3.38. The molecule has 0 radical (unpaired) electrons. The normalized spacial score (nSPS) is 15.6. The van der Waals surface area contributed by atoms with Gasteiger partial charge in [-0.1, -0.05) is 6.07 Å². The molecule has 1 aliphatic rings. The highest BCUT2D eigenvalue weighted by molar-refractivity contribution is 5.97.